The van der Waals surface area contributed by atoms with E-state index < -0.39 is 0 Å². The predicted octanol–water partition coefficient (Wildman–Crippen LogP) is 9.51. The molecule has 0 amide bonds. The van der Waals surface area contributed by atoms with Crippen LogP contribution in [0.1, 0.15) is 26.3 Å². The normalized spacial score (nSPS) is 12.0. The third-order valence-electron chi connectivity index (χ3n) is 6.56. The van der Waals surface area contributed by atoms with Gasteiger partial charge in [0.15, 0.2) is 5.58 Å². The van der Waals surface area contributed by atoms with Crippen molar-refractivity contribution in [1.29, 1.82) is 0 Å². The monoisotopic (exact) mass is 441 g/mol. The molecule has 1 heterocycles. The Kier molecular flexibility index (Phi) is 4.70. The summed E-state index contributed by atoms with van der Waals surface area (Å²) >= 11 is 0. The molecule has 0 aliphatic carbocycles. The molecular weight excluding hydrogens is 414 g/mol. The van der Waals surface area contributed by atoms with E-state index in [4.69, 9.17) is 4.42 Å². The first kappa shape index (κ1) is 20.6. The van der Waals surface area contributed by atoms with E-state index in [2.05, 4.69) is 135 Å². The first-order valence-corrected chi connectivity index (χ1v) is 11.8. The van der Waals surface area contributed by atoms with E-state index in [9.17, 15) is 0 Å². The van der Waals surface area contributed by atoms with E-state index in [1.54, 1.807) is 0 Å². The van der Waals surface area contributed by atoms with Crippen LogP contribution in [-0.2, 0) is 5.41 Å². The Morgan fingerprint density at radius 1 is 0.559 bits per heavy atom. The fourth-order valence-electron chi connectivity index (χ4n) is 4.89. The Labute approximate surface area is 200 Å². The van der Waals surface area contributed by atoms with Crippen LogP contribution in [0.3, 0.4) is 0 Å². The molecule has 0 saturated heterocycles. The summed E-state index contributed by atoms with van der Waals surface area (Å²) in [5.74, 6) is 0. The highest BCUT2D eigenvalue weighted by Crippen LogP contribution is 2.44. The number of rotatable bonds is 3. The summed E-state index contributed by atoms with van der Waals surface area (Å²) in [5.41, 5.74) is 6.34. The van der Waals surface area contributed by atoms with Crippen molar-refractivity contribution in [3.05, 3.63) is 115 Å². The van der Waals surface area contributed by atoms with Crippen LogP contribution in [0.4, 0.5) is 17.1 Å². The van der Waals surface area contributed by atoms with Gasteiger partial charge in [-0.1, -0.05) is 99.6 Å². The third-order valence-corrected chi connectivity index (χ3v) is 6.56. The van der Waals surface area contributed by atoms with Gasteiger partial charge in [0.25, 0.3) is 0 Å². The van der Waals surface area contributed by atoms with Crippen LogP contribution in [0.2, 0.25) is 0 Å². The molecule has 2 nitrogen and oxygen atoms in total. The smallest absolute Gasteiger partial charge is 0.159 e. The topological polar surface area (TPSA) is 16.4 Å². The summed E-state index contributed by atoms with van der Waals surface area (Å²) in [6.07, 6.45) is 0. The van der Waals surface area contributed by atoms with Crippen molar-refractivity contribution in [3.8, 4) is 0 Å². The molecule has 6 aromatic rings. The highest BCUT2D eigenvalue weighted by atomic mass is 16.3. The lowest BCUT2D eigenvalue weighted by Gasteiger charge is -2.25. The largest absolute Gasteiger partial charge is 0.454 e. The second-order valence-corrected chi connectivity index (χ2v) is 9.89. The van der Waals surface area contributed by atoms with E-state index in [-0.39, 0.29) is 5.41 Å². The number of para-hydroxylation sites is 3. The van der Waals surface area contributed by atoms with Crippen LogP contribution in [-0.4, -0.2) is 0 Å². The first-order chi connectivity index (χ1) is 16.5. The number of hydrogen-bond donors (Lipinski definition) is 0. The van der Waals surface area contributed by atoms with Crippen molar-refractivity contribution in [2.75, 3.05) is 4.90 Å². The van der Waals surface area contributed by atoms with Crippen LogP contribution < -0.4 is 4.90 Å². The summed E-state index contributed by atoms with van der Waals surface area (Å²) in [5, 5.41) is 4.75. The van der Waals surface area contributed by atoms with Gasteiger partial charge in [-0.3, -0.25) is 0 Å². The molecule has 0 atom stereocenters. The van der Waals surface area contributed by atoms with Gasteiger partial charge in [-0.25, -0.2) is 0 Å². The minimum absolute atomic E-state index is 0.00892. The molecule has 0 radical (unpaired) electrons. The molecule has 166 valence electrons. The SMILES string of the molecule is CC(C)(C)c1cccc2c1oc1c(N(c3ccccc3)c3ccc4ccccc4c3)cccc12. The zero-order valence-electron chi connectivity index (χ0n) is 19.7. The molecular formula is C32H27NO. The van der Waals surface area contributed by atoms with E-state index in [1.165, 1.54) is 16.3 Å². The standard InChI is InChI=1S/C32H27NO/c1-32(2,3)28-17-9-15-26-27-16-10-18-29(31(27)34-30(26)28)33(24-13-5-4-6-14-24)25-20-19-22-11-7-8-12-23(22)21-25/h4-21H,1-3H3. The molecule has 34 heavy (non-hydrogen) atoms. The molecule has 5 aromatic carbocycles. The van der Waals surface area contributed by atoms with Gasteiger partial charge in [-0.2, -0.15) is 0 Å². The van der Waals surface area contributed by atoms with Crippen LogP contribution >= 0.6 is 0 Å². The van der Waals surface area contributed by atoms with Gasteiger partial charge in [0.2, 0.25) is 0 Å². The molecule has 0 aliphatic rings. The summed E-state index contributed by atoms with van der Waals surface area (Å²) in [6.45, 7) is 6.71. The highest BCUT2D eigenvalue weighted by Gasteiger charge is 2.23. The average molecular weight is 442 g/mol. The number of furan rings is 1. The van der Waals surface area contributed by atoms with E-state index >= 15 is 0 Å². The van der Waals surface area contributed by atoms with Gasteiger partial charge in [0, 0.05) is 27.7 Å². The van der Waals surface area contributed by atoms with Gasteiger partial charge in [0.05, 0.1) is 5.69 Å². The molecule has 0 unspecified atom stereocenters. The van der Waals surface area contributed by atoms with Crippen molar-refractivity contribution in [1.82, 2.24) is 0 Å². The Balaban J connectivity index is 1.65. The lowest BCUT2D eigenvalue weighted by atomic mass is 9.86. The minimum atomic E-state index is -0.00892. The van der Waals surface area contributed by atoms with Gasteiger partial charge in [-0.05, 0) is 46.5 Å². The van der Waals surface area contributed by atoms with Crippen LogP contribution in [0, 0.1) is 0 Å². The number of hydrogen-bond acceptors (Lipinski definition) is 2. The number of anilines is 3. The number of nitrogens with zero attached hydrogens (tertiary/aromatic N) is 1. The lowest BCUT2D eigenvalue weighted by Crippen LogP contribution is -2.11. The summed E-state index contributed by atoms with van der Waals surface area (Å²) in [4.78, 5) is 2.30. The highest BCUT2D eigenvalue weighted by molar-refractivity contribution is 6.11. The quantitative estimate of drug-likeness (QED) is 0.272. The summed E-state index contributed by atoms with van der Waals surface area (Å²) in [7, 11) is 0. The van der Waals surface area contributed by atoms with Crippen molar-refractivity contribution in [2.45, 2.75) is 26.2 Å². The number of fused-ring (bicyclic) bond motifs is 4. The van der Waals surface area contributed by atoms with E-state index in [0.29, 0.717) is 0 Å². The molecule has 0 saturated carbocycles. The maximum atomic E-state index is 6.71. The molecule has 6 rings (SSSR count). The lowest BCUT2D eigenvalue weighted by molar-refractivity contribution is 0.573. The molecule has 0 bridgehead atoms. The van der Waals surface area contributed by atoms with Crippen molar-refractivity contribution >= 4 is 49.8 Å². The zero-order valence-corrected chi connectivity index (χ0v) is 19.7. The summed E-state index contributed by atoms with van der Waals surface area (Å²) in [6, 6.07) is 38.6. The van der Waals surface area contributed by atoms with Gasteiger partial charge in [-0.15, -0.1) is 0 Å². The second kappa shape index (κ2) is 7.78. The third kappa shape index (κ3) is 3.34. The van der Waals surface area contributed by atoms with Gasteiger partial charge in [0.1, 0.15) is 5.58 Å². The minimum Gasteiger partial charge on any atom is -0.454 e. The van der Waals surface area contributed by atoms with Crippen LogP contribution in [0.5, 0.6) is 0 Å². The maximum Gasteiger partial charge on any atom is 0.159 e. The molecule has 0 spiro atoms. The summed E-state index contributed by atoms with van der Waals surface area (Å²) < 4.78 is 6.71. The van der Waals surface area contributed by atoms with Crippen LogP contribution in [0.25, 0.3) is 32.7 Å². The Bertz CT molecular complexity index is 1640. The van der Waals surface area contributed by atoms with Crippen LogP contribution in [0.15, 0.2) is 114 Å². The zero-order chi connectivity index (χ0) is 23.3. The molecule has 2 heteroatoms. The van der Waals surface area contributed by atoms with E-state index in [1.807, 2.05) is 0 Å². The van der Waals surface area contributed by atoms with Gasteiger partial charge >= 0.3 is 0 Å². The molecule has 0 aliphatic heterocycles. The van der Waals surface area contributed by atoms with E-state index in [0.717, 1.165) is 39.0 Å². The fraction of sp³-hybridized carbons (Fsp3) is 0.125. The Morgan fingerprint density at radius 3 is 2.00 bits per heavy atom. The molecule has 0 N–H and O–H groups in total. The van der Waals surface area contributed by atoms with Crippen molar-refractivity contribution in [3.63, 3.8) is 0 Å². The number of benzene rings is 5. The maximum absolute atomic E-state index is 6.71. The predicted molar refractivity (Wildman–Crippen MR) is 145 cm³/mol. The molecule has 1 aromatic heterocycles. The first-order valence-electron chi connectivity index (χ1n) is 11.8. The Hall–Kier alpha value is -4.04. The Morgan fingerprint density at radius 2 is 1.24 bits per heavy atom. The molecule has 0 fully saturated rings. The fourth-order valence-corrected chi connectivity index (χ4v) is 4.89. The van der Waals surface area contributed by atoms with Crippen molar-refractivity contribution in [2.24, 2.45) is 0 Å². The van der Waals surface area contributed by atoms with Crippen molar-refractivity contribution < 1.29 is 4.42 Å². The average Bonchev–Trinajstić information content (AvgIpc) is 3.24. The second-order valence-electron chi connectivity index (χ2n) is 9.89. The van der Waals surface area contributed by atoms with Gasteiger partial charge < -0.3 is 9.32 Å².